The summed E-state index contributed by atoms with van der Waals surface area (Å²) in [5, 5.41) is 10.4. The molecule has 1 aromatic heterocycles. The molecule has 3 unspecified atom stereocenters. The van der Waals surface area contributed by atoms with Crippen molar-refractivity contribution in [3.05, 3.63) is 44.5 Å². The van der Waals surface area contributed by atoms with Gasteiger partial charge in [0, 0.05) is 5.92 Å². The number of benzene rings is 1. The standard InChI is InChI=1S/C14H16N2O4/c1-7-4-9(6-20-7)12(17)8-2-3-10-11(5-8)16-14(19)13(18)15-10/h2-3,5,7,9,12,17H,4,6H2,1H3,(H,15,18)(H,16,19). The van der Waals surface area contributed by atoms with E-state index in [0.29, 0.717) is 23.2 Å². The molecule has 2 heterocycles. The highest BCUT2D eigenvalue weighted by molar-refractivity contribution is 5.74. The molecular formula is C14H16N2O4. The van der Waals surface area contributed by atoms with Crippen molar-refractivity contribution in [3.63, 3.8) is 0 Å². The Hall–Kier alpha value is -1.92. The zero-order valence-electron chi connectivity index (χ0n) is 11.1. The lowest BCUT2D eigenvalue weighted by Crippen LogP contribution is -2.29. The van der Waals surface area contributed by atoms with E-state index in [1.807, 2.05) is 6.92 Å². The number of H-pyrrole nitrogens is 2. The Bertz CT molecular complexity index is 749. The van der Waals surface area contributed by atoms with E-state index in [4.69, 9.17) is 4.74 Å². The van der Waals surface area contributed by atoms with Crippen LogP contribution in [0.3, 0.4) is 0 Å². The number of rotatable bonds is 2. The van der Waals surface area contributed by atoms with Gasteiger partial charge in [-0.05, 0) is 31.0 Å². The second-order valence-electron chi connectivity index (χ2n) is 5.30. The topological polar surface area (TPSA) is 95.2 Å². The van der Waals surface area contributed by atoms with E-state index in [9.17, 15) is 14.7 Å². The second-order valence-corrected chi connectivity index (χ2v) is 5.30. The van der Waals surface area contributed by atoms with Crippen molar-refractivity contribution < 1.29 is 9.84 Å². The average molecular weight is 276 g/mol. The van der Waals surface area contributed by atoms with Crippen molar-refractivity contribution in [1.82, 2.24) is 9.97 Å². The number of aliphatic hydroxyl groups is 1. The van der Waals surface area contributed by atoms with Crippen molar-refractivity contribution in [2.45, 2.75) is 25.6 Å². The third kappa shape index (κ3) is 2.28. The zero-order valence-corrected chi connectivity index (χ0v) is 11.1. The predicted molar refractivity (Wildman–Crippen MR) is 73.7 cm³/mol. The Morgan fingerprint density at radius 3 is 2.60 bits per heavy atom. The first-order chi connectivity index (χ1) is 9.54. The Labute approximate surface area is 114 Å². The molecule has 6 nitrogen and oxygen atoms in total. The normalized spacial score (nSPS) is 24.1. The minimum absolute atomic E-state index is 0.0527. The van der Waals surface area contributed by atoms with Crippen LogP contribution in [0, 0.1) is 5.92 Å². The van der Waals surface area contributed by atoms with E-state index in [-0.39, 0.29) is 12.0 Å². The van der Waals surface area contributed by atoms with Crippen LogP contribution in [-0.4, -0.2) is 27.8 Å². The maximum absolute atomic E-state index is 11.3. The summed E-state index contributed by atoms with van der Waals surface area (Å²) in [5.74, 6) is 0.0527. The molecule has 0 aliphatic carbocycles. The number of hydrogen-bond donors (Lipinski definition) is 3. The predicted octanol–water partition coefficient (Wildman–Crippen LogP) is 0.675. The van der Waals surface area contributed by atoms with Gasteiger partial charge in [-0.3, -0.25) is 9.59 Å². The molecule has 0 amide bonds. The molecule has 1 aliphatic rings. The summed E-state index contributed by atoms with van der Waals surface area (Å²) in [7, 11) is 0. The summed E-state index contributed by atoms with van der Waals surface area (Å²) >= 11 is 0. The molecule has 1 aliphatic heterocycles. The Balaban J connectivity index is 1.98. The molecular weight excluding hydrogens is 260 g/mol. The Morgan fingerprint density at radius 2 is 1.95 bits per heavy atom. The minimum Gasteiger partial charge on any atom is -0.388 e. The van der Waals surface area contributed by atoms with E-state index >= 15 is 0 Å². The molecule has 0 spiro atoms. The number of ether oxygens (including phenoxy) is 1. The molecule has 1 aromatic carbocycles. The lowest BCUT2D eigenvalue weighted by atomic mass is 9.93. The minimum atomic E-state index is -0.693. The molecule has 0 bridgehead atoms. The van der Waals surface area contributed by atoms with Crippen LogP contribution < -0.4 is 11.1 Å². The van der Waals surface area contributed by atoms with E-state index in [1.165, 1.54) is 0 Å². The first-order valence-corrected chi connectivity index (χ1v) is 6.60. The van der Waals surface area contributed by atoms with Crippen LogP contribution in [0.25, 0.3) is 11.0 Å². The van der Waals surface area contributed by atoms with Crippen LogP contribution in [-0.2, 0) is 4.74 Å². The lowest BCUT2D eigenvalue weighted by Gasteiger charge is -2.17. The number of aromatic nitrogens is 2. The first-order valence-electron chi connectivity index (χ1n) is 6.60. The second kappa shape index (κ2) is 4.88. The van der Waals surface area contributed by atoms with E-state index in [0.717, 1.165) is 6.42 Å². The summed E-state index contributed by atoms with van der Waals surface area (Å²) in [4.78, 5) is 27.6. The largest absolute Gasteiger partial charge is 0.388 e. The quantitative estimate of drug-likeness (QED) is 0.703. The number of fused-ring (bicyclic) bond motifs is 1. The van der Waals surface area contributed by atoms with Crippen molar-refractivity contribution in [2.75, 3.05) is 6.61 Å². The molecule has 20 heavy (non-hydrogen) atoms. The van der Waals surface area contributed by atoms with Crippen LogP contribution in [0.1, 0.15) is 25.0 Å². The van der Waals surface area contributed by atoms with Gasteiger partial charge in [0.2, 0.25) is 0 Å². The molecule has 0 saturated carbocycles. The highest BCUT2D eigenvalue weighted by Gasteiger charge is 2.29. The Kier molecular flexibility index (Phi) is 3.19. The molecule has 3 rings (SSSR count). The highest BCUT2D eigenvalue weighted by Crippen LogP contribution is 2.32. The molecule has 6 heteroatoms. The molecule has 1 saturated heterocycles. The van der Waals surface area contributed by atoms with Gasteiger partial charge in [-0.15, -0.1) is 0 Å². The maximum Gasteiger partial charge on any atom is 0.314 e. The van der Waals surface area contributed by atoms with Gasteiger partial charge in [-0.1, -0.05) is 6.07 Å². The summed E-state index contributed by atoms with van der Waals surface area (Å²) < 4.78 is 5.47. The summed E-state index contributed by atoms with van der Waals surface area (Å²) in [5.41, 5.74) is 0.397. The zero-order chi connectivity index (χ0) is 14.3. The van der Waals surface area contributed by atoms with Crippen LogP contribution >= 0.6 is 0 Å². The smallest absolute Gasteiger partial charge is 0.314 e. The van der Waals surface area contributed by atoms with Gasteiger partial charge in [0.25, 0.3) is 0 Å². The van der Waals surface area contributed by atoms with Crippen LogP contribution in [0.2, 0.25) is 0 Å². The number of aliphatic hydroxyl groups excluding tert-OH is 1. The SMILES string of the molecule is CC1CC(C(O)c2ccc3[nH]c(=O)c(=O)[nH]c3c2)CO1. The van der Waals surface area contributed by atoms with Gasteiger partial charge in [0.1, 0.15) is 0 Å². The fourth-order valence-electron chi connectivity index (χ4n) is 2.66. The van der Waals surface area contributed by atoms with Gasteiger partial charge >= 0.3 is 11.1 Å². The molecule has 3 atom stereocenters. The summed E-state index contributed by atoms with van der Waals surface area (Å²) in [6.07, 6.45) is 0.326. The number of nitrogens with one attached hydrogen (secondary N) is 2. The van der Waals surface area contributed by atoms with Gasteiger partial charge in [-0.2, -0.15) is 0 Å². The first kappa shape index (κ1) is 13.1. The molecule has 1 fully saturated rings. The van der Waals surface area contributed by atoms with Gasteiger partial charge in [-0.25, -0.2) is 0 Å². The third-order valence-electron chi connectivity index (χ3n) is 3.76. The monoisotopic (exact) mass is 276 g/mol. The van der Waals surface area contributed by atoms with Crippen molar-refractivity contribution in [1.29, 1.82) is 0 Å². The lowest BCUT2D eigenvalue weighted by molar-refractivity contribution is 0.0804. The van der Waals surface area contributed by atoms with Gasteiger partial charge in [0.05, 0.1) is 29.8 Å². The van der Waals surface area contributed by atoms with E-state index in [2.05, 4.69) is 9.97 Å². The van der Waals surface area contributed by atoms with Crippen molar-refractivity contribution >= 4 is 11.0 Å². The molecule has 0 radical (unpaired) electrons. The van der Waals surface area contributed by atoms with Crippen LogP contribution in [0.4, 0.5) is 0 Å². The van der Waals surface area contributed by atoms with E-state index < -0.39 is 17.2 Å². The Morgan fingerprint density at radius 1 is 1.25 bits per heavy atom. The number of aromatic amines is 2. The fourth-order valence-corrected chi connectivity index (χ4v) is 2.66. The summed E-state index contributed by atoms with van der Waals surface area (Å²) in [6, 6.07) is 5.13. The molecule has 3 N–H and O–H groups in total. The molecule has 2 aromatic rings. The van der Waals surface area contributed by atoms with Crippen LogP contribution in [0.15, 0.2) is 27.8 Å². The van der Waals surface area contributed by atoms with Gasteiger partial charge < -0.3 is 19.8 Å². The maximum atomic E-state index is 11.3. The fraction of sp³-hybridized carbons (Fsp3) is 0.429. The number of hydrogen-bond acceptors (Lipinski definition) is 4. The van der Waals surface area contributed by atoms with Gasteiger partial charge in [0.15, 0.2) is 0 Å². The van der Waals surface area contributed by atoms with Crippen LogP contribution in [0.5, 0.6) is 0 Å². The van der Waals surface area contributed by atoms with E-state index in [1.54, 1.807) is 18.2 Å². The average Bonchev–Trinajstić information content (AvgIpc) is 2.85. The van der Waals surface area contributed by atoms with Crippen molar-refractivity contribution in [2.24, 2.45) is 5.92 Å². The van der Waals surface area contributed by atoms with Crippen molar-refractivity contribution in [3.8, 4) is 0 Å². The summed E-state index contributed by atoms with van der Waals surface area (Å²) in [6.45, 7) is 2.51. The highest BCUT2D eigenvalue weighted by atomic mass is 16.5. The molecule has 106 valence electrons. The third-order valence-corrected chi connectivity index (χ3v) is 3.76.